The summed E-state index contributed by atoms with van der Waals surface area (Å²) < 4.78 is 26.7. The summed E-state index contributed by atoms with van der Waals surface area (Å²) in [6, 6.07) is 9.57. The summed E-state index contributed by atoms with van der Waals surface area (Å²) >= 11 is 5.77. The van der Waals surface area contributed by atoms with Crippen LogP contribution in [0, 0.1) is 0 Å². The molecule has 0 aliphatic carbocycles. The number of hydrogen-bond donors (Lipinski definition) is 0. The Hall–Kier alpha value is -0.840. The van der Waals surface area contributed by atoms with Gasteiger partial charge in [0.25, 0.3) is 0 Å². The van der Waals surface area contributed by atoms with Crippen LogP contribution in [0.2, 0.25) is 0 Å². The molecule has 0 unspecified atom stereocenters. The first kappa shape index (κ1) is 11.6. The molecule has 0 radical (unpaired) electrons. The van der Waals surface area contributed by atoms with Crippen molar-refractivity contribution in [1.82, 2.24) is 0 Å². The van der Waals surface area contributed by atoms with Gasteiger partial charge in [-0.1, -0.05) is 42.5 Å². The summed E-state index contributed by atoms with van der Waals surface area (Å²) in [4.78, 5) is 0. The Morgan fingerprint density at radius 3 is 2.56 bits per heavy atom. The zero-order valence-electron chi connectivity index (χ0n) is 8.41. The van der Waals surface area contributed by atoms with Crippen LogP contribution in [0.25, 0.3) is 6.08 Å². The van der Waals surface area contributed by atoms with Crippen LogP contribution in [0.4, 0.5) is 0 Å². The summed E-state index contributed by atoms with van der Waals surface area (Å²) in [6.45, 7) is 0. The maximum absolute atomic E-state index is 11.3. The molecular formula is C11H11ClO3S. The topological polar surface area (TPSA) is 43.4 Å². The number of halogens is 1. The van der Waals surface area contributed by atoms with Gasteiger partial charge in [0, 0.05) is 0 Å². The SMILES string of the molecule is O=S1(=O)CO[C@H](/C=C/c2ccccc2)[C@H]1Cl. The van der Waals surface area contributed by atoms with Gasteiger partial charge in [0.05, 0.1) is 0 Å². The lowest BCUT2D eigenvalue weighted by Gasteiger charge is -2.04. The van der Waals surface area contributed by atoms with Crippen molar-refractivity contribution in [1.29, 1.82) is 0 Å². The van der Waals surface area contributed by atoms with Gasteiger partial charge in [0.2, 0.25) is 0 Å². The molecule has 0 spiro atoms. The Balaban J connectivity index is 2.10. The van der Waals surface area contributed by atoms with E-state index in [0.717, 1.165) is 5.56 Å². The zero-order chi connectivity index (χ0) is 11.6. The molecule has 1 aromatic carbocycles. The van der Waals surface area contributed by atoms with E-state index >= 15 is 0 Å². The second kappa shape index (κ2) is 4.57. The second-order valence-corrected chi connectivity index (χ2v) is 6.33. The average Bonchev–Trinajstić information content (AvgIpc) is 2.54. The maximum atomic E-state index is 11.3. The Bertz CT molecular complexity index is 481. The van der Waals surface area contributed by atoms with Crippen LogP contribution < -0.4 is 0 Å². The van der Waals surface area contributed by atoms with E-state index in [1.807, 2.05) is 30.3 Å². The summed E-state index contributed by atoms with van der Waals surface area (Å²) in [5, 5.41) is 0. The molecule has 0 saturated carbocycles. The number of alkyl halides is 1. The van der Waals surface area contributed by atoms with Gasteiger partial charge in [-0.2, -0.15) is 0 Å². The quantitative estimate of drug-likeness (QED) is 0.763. The third-order valence-electron chi connectivity index (χ3n) is 2.30. The number of hydrogen-bond acceptors (Lipinski definition) is 3. The molecule has 0 amide bonds. The summed E-state index contributed by atoms with van der Waals surface area (Å²) in [5.41, 5.74) is 0.985. The molecule has 1 heterocycles. The second-order valence-electron chi connectivity index (χ2n) is 3.53. The van der Waals surface area contributed by atoms with E-state index in [1.54, 1.807) is 12.2 Å². The third kappa shape index (κ3) is 2.45. The van der Waals surface area contributed by atoms with Crippen LogP contribution in [0.1, 0.15) is 5.56 Å². The highest BCUT2D eigenvalue weighted by atomic mass is 35.5. The van der Waals surface area contributed by atoms with Crippen molar-refractivity contribution in [3.8, 4) is 0 Å². The van der Waals surface area contributed by atoms with Gasteiger partial charge < -0.3 is 4.74 Å². The van der Waals surface area contributed by atoms with Crippen LogP contribution in [0.5, 0.6) is 0 Å². The number of benzene rings is 1. The Morgan fingerprint density at radius 1 is 1.31 bits per heavy atom. The molecule has 1 fully saturated rings. The fourth-order valence-electron chi connectivity index (χ4n) is 1.43. The van der Waals surface area contributed by atoms with E-state index < -0.39 is 20.7 Å². The molecule has 0 aromatic heterocycles. The molecule has 5 heteroatoms. The van der Waals surface area contributed by atoms with Gasteiger partial charge >= 0.3 is 0 Å². The molecule has 1 aliphatic rings. The van der Waals surface area contributed by atoms with Crippen molar-refractivity contribution in [2.45, 2.75) is 10.8 Å². The van der Waals surface area contributed by atoms with Gasteiger partial charge in [-0.25, -0.2) is 8.42 Å². The molecule has 3 nitrogen and oxygen atoms in total. The van der Waals surface area contributed by atoms with Crippen LogP contribution in [-0.4, -0.2) is 25.2 Å². The Kier molecular flexibility index (Phi) is 3.33. The Labute approximate surface area is 99.6 Å². The zero-order valence-corrected chi connectivity index (χ0v) is 9.99. The fraction of sp³-hybridized carbons (Fsp3) is 0.273. The Morgan fingerprint density at radius 2 is 2.00 bits per heavy atom. The molecule has 16 heavy (non-hydrogen) atoms. The van der Waals surface area contributed by atoms with Crippen LogP contribution >= 0.6 is 11.6 Å². The highest BCUT2D eigenvalue weighted by Crippen LogP contribution is 2.24. The number of rotatable bonds is 2. The minimum absolute atomic E-state index is 0.301. The third-order valence-corrected chi connectivity index (χ3v) is 4.79. The minimum atomic E-state index is -3.29. The van der Waals surface area contributed by atoms with Crippen LogP contribution in [0.15, 0.2) is 36.4 Å². The molecule has 2 rings (SSSR count). The predicted octanol–water partition coefficient (Wildman–Crippen LogP) is 2.04. The van der Waals surface area contributed by atoms with Crippen molar-refractivity contribution in [2.24, 2.45) is 0 Å². The van der Waals surface area contributed by atoms with Gasteiger partial charge in [0.1, 0.15) is 6.10 Å². The van der Waals surface area contributed by atoms with Gasteiger partial charge in [-0.05, 0) is 5.56 Å². The van der Waals surface area contributed by atoms with Crippen molar-refractivity contribution < 1.29 is 13.2 Å². The van der Waals surface area contributed by atoms with Crippen LogP contribution in [0.3, 0.4) is 0 Å². The highest BCUT2D eigenvalue weighted by Gasteiger charge is 2.38. The van der Waals surface area contributed by atoms with E-state index in [0.29, 0.717) is 0 Å². The largest absolute Gasteiger partial charge is 0.356 e. The van der Waals surface area contributed by atoms with Crippen molar-refractivity contribution in [3.05, 3.63) is 42.0 Å². The summed E-state index contributed by atoms with van der Waals surface area (Å²) in [6.07, 6.45) is 2.92. The van der Waals surface area contributed by atoms with Crippen LogP contribution in [-0.2, 0) is 14.6 Å². The monoisotopic (exact) mass is 258 g/mol. The minimum Gasteiger partial charge on any atom is -0.356 e. The molecule has 0 bridgehead atoms. The number of ether oxygens (including phenoxy) is 1. The fourth-order valence-corrected chi connectivity index (χ4v) is 2.80. The van der Waals surface area contributed by atoms with E-state index in [1.165, 1.54) is 0 Å². The first-order valence-electron chi connectivity index (χ1n) is 4.80. The van der Waals surface area contributed by atoms with Crippen molar-refractivity contribution >= 4 is 27.5 Å². The van der Waals surface area contributed by atoms with Gasteiger partial charge in [0.15, 0.2) is 20.5 Å². The van der Waals surface area contributed by atoms with E-state index in [4.69, 9.17) is 16.3 Å². The smallest absolute Gasteiger partial charge is 0.193 e. The molecule has 0 N–H and O–H groups in total. The molecule has 2 atom stereocenters. The average molecular weight is 259 g/mol. The maximum Gasteiger partial charge on any atom is 0.193 e. The van der Waals surface area contributed by atoms with Crippen molar-refractivity contribution in [2.75, 3.05) is 5.94 Å². The lowest BCUT2D eigenvalue weighted by atomic mass is 10.2. The summed E-state index contributed by atoms with van der Waals surface area (Å²) in [5.74, 6) is -0.301. The predicted molar refractivity (Wildman–Crippen MR) is 63.8 cm³/mol. The normalized spacial score (nSPS) is 28.6. The first-order valence-corrected chi connectivity index (χ1v) is 6.95. The van der Waals surface area contributed by atoms with Gasteiger partial charge in [-0.3, -0.25) is 0 Å². The lowest BCUT2D eigenvalue weighted by Crippen LogP contribution is -2.18. The first-order chi connectivity index (χ1) is 7.59. The molecular weight excluding hydrogens is 248 g/mol. The molecule has 1 aliphatic heterocycles. The van der Waals surface area contributed by atoms with E-state index in [-0.39, 0.29) is 5.94 Å². The summed E-state index contributed by atoms with van der Waals surface area (Å²) in [7, 11) is -3.29. The lowest BCUT2D eigenvalue weighted by molar-refractivity contribution is 0.155. The van der Waals surface area contributed by atoms with Gasteiger partial charge in [-0.15, -0.1) is 11.6 Å². The number of sulfone groups is 1. The molecule has 1 saturated heterocycles. The van der Waals surface area contributed by atoms with E-state index in [2.05, 4.69) is 0 Å². The standard InChI is InChI=1S/C11H11ClO3S/c12-11-10(15-8-16(11,13)14)7-6-9-4-2-1-3-5-9/h1-7,10-11H,8H2/b7-6+/t10-,11+/m1/s1. The molecule has 1 aromatic rings. The van der Waals surface area contributed by atoms with Crippen molar-refractivity contribution in [3.63, 3.8) is 0 Å². The van der Waals surface area contributed by atoms with E-state index in [9.17, 15) is 8.42 Å². The highest BCUT2D eigenvalue weighted by molar-refractivity contribution is 7.93. The molecule has 86 valence electrons.